The second kappa shape index (κ2) is 6.17. The van der Waals surface area contributed by atoms with Gasteiger partial charge in [0.15, 0.2) is 0 Å². The van der Waals surface area contributed by atoms with Gasteiger partial charge in [0.25, 0.3) is 0 Å². The lowest BCUT2D eigenvalue weighted by Crippen LogP contribution is -2.41. The molecule has 1 saturated heterocycles. The van der Waals surface area contributed by atoms with Crippen LogP contribution in [-0.4, -0.2) is 24.5 Å². The number of nitrogens with zero attached hydrogens (tertiary/aromatic N) is 1. The zero-order valence-corrected chi connectivity index (χ0v) is 13.1. The molecular weight excluding hydrogens is 256 g/mol. The summed E-state index contributed by atoms with van der Waals surface area (Å²) >= 11 is 0. The van der Waals surface area contributed by atoms with E-state index >= 15 is 0 Å². The van der Waals surface area contributed by atoms with Crippen LogP contribution in [0.1, 0.15) is 31.9 Å². The maximum atomic E-state index is 6.53. The lowest BCUT2D eigenvalue weighted by Gasteiger charge is -2.36. The molecule has 1 heterocycles. The van der Waals surface area contributed by atoms with Crippen LogP contribution >= 0.6 is 0 Å². The minimum absolute atomic E-state index is 0.0942. The third kappa shape index (κ3) is 3.12. The third-order valence-corrected chi connectivity index (χ3v) is 5.10. The maximum Gasteiger partial charge on any atom is 0.0430 e. The van der Waals surface area contributed by atoms with Crippen molar-refractivity contribution in [1.29, 1.82) is 0 Å². The monoisotopic (exact) mass is 282 g/mol. The fourth-order valence-electron chi connectivity index (χ4n) is 3.47. The van der Waals surface area contributed by atoms with Gasteiger partial charge in [-0.2, -0.15) is 0 Å². The number of nitrogens with two attached hydrogens (primary N) is 1. The number of hydrogen-bond acceptors (Lipinski definition) is 2. The minimum Gasteiger partial charge on any atom is -0.323 e. The molecule has 2 nitrogen and oxygen atoms in total. The maximum absolute atomic E-state index is 6.53. The van der Waals surface area contributed by atoms with Gasteiger partial charge < -0.3 is 10.6 Å². The van der Waals surface area contributed by atoms with Crippen LogP contribution < -0.4 is 5.73 Å². The summed E-state index contributed by atoms with van der Waals surface area (Å²) in [6.07, 6.45) is 1.30. The first-order valence-electron chi connectivity index (χ1n) is 8.10. The normalized spacial score (nSPS) is 25.1. The van der Waals surface area contributed by atoms with Crippen molar-refractivity contribution >= 4 is 10.8 Å². The standard InChI is InChI=1S/C19H26N2/c1-14-10-11-21(12-15(14)2)13-19(20)18-9-5-7-16-6-3-4-8-17(16)18/h3-9,14-15,19H,10-13,20H2,1-2H3. The molecule has 0 aliphatic carbocycles. The topological polar surface area (TPSA) is 29.3 Å². The molecule has 0 spiro atoms. The quantitative estimate of drug-likeness (QED) is 0.927. The van der Waals surface area contributed by atoms with Crippen molar-refractivity contribution in [2.24, 2.45) is 17.6 Å². The summed E-state index contributed by atoms with van der Waals surface area (Å²) in [6.45, 7) is 8.06. The largest absolute Gasteiger partial charge is 0.323 e. The number of benzene rings is 2. The van der Waals surface area contributed by atoms with E-state index in [2.05, 4.69) is 61.2 Å². The van der Waals surface area contributed by atoms with Crippen molar-refractivity contribution in [2.75, 3.05) is 19.6 Å². The summed E-state index contributed by atoms with van der Waals surface area (Å²) in [7, 11) is 0. The Bertz CT molecular complexity index is 602. The molecule has 21 heavy (non-hydrogen) atoms. The van der Waals surface area contributed by atoms with Gasteiger partial charge in [0, 0.05) is 19.1 Å². The van der Waals surface area contributed by atoms with Gasteiger partial charge >= 0.3 is 0 Å². The molecule has 2 N–H and O–H groups in total. The Morgan fingerprint density at radius 3 is 2.67 bits per heavy atom. The second-order valence-corrected chi connectivity index (χ2v) is 6.68. The predicted octanol–water partition coefficient (Wildman–Crippen LogP) is 3.82. The molecular formula is C19H26N2. The molecule has 1 fully saturated rings. The molecule has 2 aromatic rings. The molecule has 2 heteroatoms. The van der Waals surface area contributed by atoms with Crippen LogP contribution in [-0.2, 0) is 0 Å². The van der Waals surface area contributed by atoms with Crippen LogP contribution in [0.25, 0.3) is 10.8 Å². The van der Waals surface area contributed by atoms with E-state index < -0.39 is 0 Å². The Kier molecular flexibility index (Phi) is 4.27. The average Bonchev–Trinajstić information content (AvgIpc) is 2.50. The predicted molar refractivity (Wildman–Crippen MR) is 90.3 cm³/mol. The minimum atomic E-state index is 0.0942. The molecule has 1 aliphatic heterocycles. The summed E-state index contributed by atoms with van der Waals surface area (Å²) in [5.74, 6) is 1.62. The lowest BCUT2D eigenvalue weighted by molar-refractivity contribution is 0.132. The summed E-state index contributed by atoms with van der Waals surface area (Å²) in [6, 6.07) is 15.1. The molecule has 0 amide bonds. The summed E-state index contributed by atoms with van der Waals surface area (Å²) in [5, 5.41) is 2.58. The van der Waals surface area contributed by atoms with E-state index in [0.717, 1.165) is 18.4 Å². The fraction of sp³-hybridized carbons (Fsp3) is 0.474. The average molecular weight is 282 g/mol. The van der Waals surface area contributed by atoms with Gasteiger partial charge in [-0.3, -0.25) is 0 Å². The van der Waals surface area contributed by atoms with Crippen molar-refractivity contribution < 1.29 is 0 Å². The Morgan fingerprint density at radius 2 is 1.86 bits per heavy atom. The molecule has 3 atom stereocenters. The summed E-state index contributed by atoms with van der Waals surface area (Å²) in [5.41, 5.74) is 7.81. The van der Waals surface area contributed by atoms with Crippen LogP contribution in [0, 0.1) is 11.8 Å². The molecule has 2 aromatic carbocycles. The SMILES string of the molecule is CC1CCN(CC(N)c2cccc3ccccc23)CC1C. The summed E-state index contributed by atoms with van der Waals surface area (Å²) in [4.78, 5) is 2.54. The number of likely N-dealkylation sites (tertiary alicyclic amines) is 1. The Hall–Kier alpha value is -1.38. The molecule has 0 saturated carbocycles. The Morgan fingerprint density at radius 1 is 1.10 bits per heavy atom. The van der Waals surface area contributed by atoms with Gasteiger partial charge in [-0.25, -0.2) is 0 Å². The van der Waals surface area contributed by atoms with E-state index in [9.17, 15) is 0 Å². The van der Waals surface area contributed by atoms with E-state index in [0.29, 0.717) is 0 Å². The second-order valence-electron chi connectivity index (χ2n) is 6.68. The van der Waals surface area contributed by atoms with E-state index in [-0.39, 0.29) is 6.04 Å². The zero-order valence-electron chi connectivity index (χ0n) is 13.1. The molecule has 0 aromatic heterocycles. The third-order valence-electron chi connectivity index (χ3n) is 5.10. The first kappa shape index (κ1) is 14.6. The van der Waals surface area contributed by atoms with Crippen LogP contribution in [0.2, 0.25) is 0 Å². The number of rotatable bonds is 3. The lowest BCUT2D eigenvalue weighted by atomic mass is 9.88. The van der Waals surface area contributed by atoms with Crippen LogP contribution in [0.4, 0.5) is 0 Å². The van der Waals surface area contributed by atoms with Crippen molar-refractivity contribution in [3.63, 3.8) is 0 Å². The van der Waals surface area contributed by atoms with Crippen molar-refractivity contribution in [3.8, 4) is 0 Å². The smallest absolute Gasteiger partial charge is 0.0430 e. The van der Waals surface area contributed by atoms with E-state index in [1.807, 2.05) is 0 Å². The van der Waals surface area contributed by atoms with Gasteiger partial charge in [0.1, 0.15) is 0 Å². The van der Waals surface area contributed by atoms with Gasteiger partial charge in [0.05, 0.1) is 0 Å². The van der Waals surface area contributed by atoms with Crippen molar-refractivity contribution in [3.05, 3.63) is 48.0 Å². The Balaban J connectivity index is 1.77. The van der Waals surface area contributed by atoms with Crippen LogP contribution in [0.3, 0.4) is 0 Å². The highest BCUT2D eigenvalue weighted by Crippen LogP contribution is 2.26. The van der Waals surface area contributed by atoms with Gasteiger partial charge in [0.2, 0.25) is 0 Å². The number of fused-ring (bicyclic) bond motifs is 1. The highest BCUT2D eigenvalue weighted by atomic mass is 15.1. The molecule has 0 bridgehead atoms. The highest BCUT2D eigenvalue weighted by molar-refractivity contribution is 5.86. The molecule has 3 unspecified atom stereocenters. The van der Waals surface area contributed by atoms with E-state index in [4.69, 9.17) is 5.73 Å². The first-order valence-corrected chi connectivity index (χ1v) is 8.10. The fourth-order valence-corrected chi connectivity index (χ4v) is 3.47. The van der Waals surface area contributed by atoms with Gasteiger partial charge in [-0.05, 0) is 41.1 Å². The molecule has 1 aliphatic rings. The highest BCUT2D eigenvalue weighted by Gasteiger charge is 2.24. The zero-order chi connectivity index (χ0) is 14.8. The van der Waals surface area contributed by atoms with Crippen LogP contribution in [0.5, 0.6) is 0 Å². The first-order chi connectivity index (χ1) is 10.1. The summed E-state index contributed by atoms with van der Waals surface area (Å²) < 4.78 is 0. The Labute approximate surface area is 127 Å². The van der Waals surface area contributed by atoms with Gasteiger partial charge in [-0.1, -0.05) is 56.3 Å². The van der Waals surface area contributed by atoms with E-state index in [1.165, 1.54) is 35.8 Å². The number of hydrogen-bond donors (Lipinski definition) is 1. The van der Waals surface area contributed by atoms with Crippen molar-refractivity contribution in [1.82, 2.24) is 4.90 Å². The molecule has 3 rings (SSSR count). The van der Waals surface area contributed by atoms with Crippen LogP contribution in [0.15, 0.2) is 42.5 Å². The van der Waals surface area contributed by atoms with Crippen molar-refractivity contribution in [2.45, 2.75) is 26.3 Å². The molecule has 112 valence electrons. The number of piperidine rings is 1. The van der Waals surface area contributed by atoms with Gasteiger partial charge in [-0.15, -0.1) is 0 Å². The van der Waals surface area contributed by atoms with E-state index in [1.54, 1.807) is 0 Å². The molecule has 0 radical (unpaired) electrons.